The summed E-state index contributed by atoms with van der Waals surface area (Å²) in [6.45, 7) is 4.09. The molecule has 0 fully saturated rings. The van der Waals surface area contributed by atoms with Crippen LogP contribution in [0, 0.1) is 5.82 Å². The van der Waals surface area contributed by atoms with Crippen molar-refractivity contribution in [3.8, 4) is 11.5 Å². The minimum Gasteiger partial charge on any atom is -0.494 e. The number of methoxy groups -OCH3 is 2. The first-order chi connectivity index (χ1) is 7.62. The molecule has 0 heterocycles. The van der Waals surface area contributed by atoms with E-state index in [9.17, 15) is 4.39 Å². The highest BCUT2D eigenvalue weighted by molar-refractivity contribution is 5.60. The van der Waals surface area contributed by atoms with Gasteiger partial charge in [-0.3, -0.25) is 0 Å². The average molecular weight is 227 g/mol. The number of hydrogen-bond donors (Lipinski definition) is 1. The van der Waals surface area contributed by atoms with Crippen molar-refractivity contribution >= 4 is 5.69 Å². The average Bonchev–Trinajstić information content (AvgIpc) is 2.29. The number of hydrogen-bond acceptors (Lipinski definition) is 3. The number of benzene rings is 1. The molecule has 1 rings (SSSR count). The van der Waals surface area contributed by atoms with Gasteiger partial charge in [0.2, 0.25) is 0 Å². The second kappa shape index (κ2) is 5.58. The molecule has 16 heavy (non-hydrogen) atoms. The molecule has 1 atom stereocenters. The van der Waals surface area contributed by atoms with Gasteiger partial charge in [-0.15, -0.1) is 0 Å². The Balaban J connectivity index is 3.03. The van der Waals surface area contributed by atoms with Gasteiger partial charge in [0.15, 0.2) is 11.6 Å². The van der Waals surface area contributed by atoms with Gasteiger partial charge in [-0.25, -0.2) is 4.39 Å². The largest absolute Gasteiger partial charge is 0.494 e. The van der Waals surface area contributed by atoms with Gasteiger partial charge in [0, 0.05) is 18.2 Å². The summed E-state index contributed by atoms with van der Waals surface area (Å²) in [7, 11) is 2.98. The lowest BCUT2D eigenvalue weighted by molar-refractivity contribution is 0.374. The Labute approximate surface area is 95.6 Å². The van der Waals surface area contributed by atoms with Crippen LogP contribution in [-0.4, -0.2) is 20.3 Å². The molecule has 0 saturated heterocycles. The molecule has 0 radical (unpaired) electrons. The standard InChI is InChI=1S/C12H18FNO2/c1-5-8(2)14-10-6-9(13)11(15-3)7-12(10)16-4/h6-8,14H,5H2,1-4H3. The van der Waals surface area contributed by atoms with Gasteiger partial charge in [-0.2, -0.15) is 0 Å². The topological polar surface area (TPSA) is 30.5 Å². The highest BCUT2D eigenvalue weighted by atomic mass is 19.1. The number of ether oxygens (including phenoxy) is 2. The highest BCUT2D eigenvalue weighted by Crippen LogP contribution is 2.32. The van der Waals surface area contributed by atoms with Crippen molar-refractivity contribution < 1.29 is 13.9 Å². The highest BCUT2D eigenvalue weighted by Gasteiger charge is 2.12. The van der Waals surface area contributed by atoms with Crippen LogP contribution in [0.4, 0.5) is 10.1 Å². The van der Waals surface area contributed by atoms with Crippen LogP contribution in [-0.2, 0) is 0 Å². The van der Waals surface area contributed by atoms with Crippen LogP contribution in [0.5, 0.6) is 11.5 Å². The number of anilines is 1. The van der Waals surface area contributed by atoms with Crippen molar-refractivity contribution in [2.75, 3.05) is 19.5 Å². The minimum atomic E-state index is -0.394. The smallest absolute Gasteiger partial charge is 0.167 e. The lowest BCUT2D eigenvalue weighted by Crippen LogP contribution is -2.14. The summed E-state index contributed by atoms with van der Waals surface area (Å²) in [6, 6.07) is 3.20. The summed E-state index contributed by atoms with van der Waals surface area (Å²) >= 11 is 0. The fourth-order valence-corrected chi connectivity index (χ4v) is 1.34. The van der Waals surface area contributed by atoms with E-state index in [0.29, 0.717) is 11.4 Å². The SMILES string of the molecule is CCC(C)Nc1cc(F)c(OC)cc1OC. The van der Waals surface area contributed by atoms with Crippen molar-refractivity contribution in [1.82, 2.24) is 0 Å². The first-order valence-electron chi connectivity index (χ1n) is 5.30. The third-order valence-electron chi connectivity index (χ3n) is 2.49. The van der Waals surface area contributed by atoms with E-state index in [1.54, 1.807) is 13.2 Å². The minimum absolute atomic E-state index is 0.187. The Kier molecular flexibility index (Phi) is 4.40. The van der Waals surface area contributed by atoms with Gasteiger partial charge >= 0.3 is 0 Å². The van der Waals surface area contributed by atoms with Crippen molar-refractivity contribution in [1.29, 1.82) is 0 Å². The Morgan fingerprint density at radius 1 is 1.25 bits per heavy atom. The fourth-order valence-electron chi connectivity index (χ4n) is 1.34. The van der Waals surface area contributed by atoms with Gasteiger partial charge in [0.1, 0.15) is 5.75 Å². The molecule has 0 spiro atoms. The molecule has 0 aromatic heterocycles. The third kappa shape index (κ3) is 2.78. The van der Waals surface area contributed by atoms with E-state index in [2.05, 4.69) is 12.2 Å². The van der Waals surface area contributed by atoms with E-state index in [-0.39, 0.29) is 11.8 Å². The molecule has 0 saturated carbocycles. The van der Waals surface area contributed by atoms with E-state index in [1.165, 1.54) is 13.2 Å². The van der Waals surface area contributed by atoms with Crippen molar-refractivity contribution in [3.05, 3.63) is 17.9 Å². The van der Waals surface area contributed by atoms with Crippen LogP contribution in [0.2, 0.25) is 0 Å². The molecule has 90 valence electrons. The lowest BCUT2D eigenvalue weighted by atomic mass is 10.2. The predicted octanol–water partition coefficient (Wildman–Crippen LogP) is 3.05. The van der Waals surface area contributed by atoms with Crippen LogP contribution < -0.4 is 14.8 Å². The van der Waals surface area contributed by atoms with Gasteiger partial charge < -0.3 is 14.8 Å². The summed E-state index contributed by atoms with van der Waals surface area (Å²) in [5.41, 5.74) is 0.648. The second-order valence-electron chi connectivity index (χ2n) is 3.64. The Bertz CT molecular complexity index is 355. The van der Waals surface area contributed by atoms with E-state index in [4.69, 9.17) is 9.47 Å². The van der Waals surface area contributed by atoms with E-state index >= 15 is 0 Å². The van der Waals surface area contributed by atoms with E-state index < -0.39 is 5.82 Å². The third-order valence-corrected chi connectivity index (χ3v) is 2.49. The van der Waals surface area contributed by atoms with E-state index in [0.717, 1.165) is 6.42 Å². The monoisotopic (exact) mass is 227 g/mol. The molecule has 4 heteroatoms. The maximum atomic E-state index is 13.5. The fraction of sp³-hybridized carbons (Fsp3) is 0.500. The van der Waals surface area contributed by atoms with Crippen molar-refractivity contribution in [2.45, 2.75) is 26.3 Å². The molecule has 3 nitrogen and oxygen atoms in total. The summed E-state index contributed by atoms with van der Waals surface area (Å²) in [4.78, 5) is 0. The molecular formula is C12H18FNO2. The van der Waals surface area contributed by atoms with Gasteiger partial charge in [-0.05, 0) is 13.3 Å². The van der Waals surface area contributed by atoms with E-state index in [1.807, 2.05) is 6.92 Å². The van der Waals surface area contributed by atoms with Crippen LogP contribution in [0.25, 0.3) is 0 Å². The Hall–Kier alpha value is -1.45. The Morgan fingerprint density at radius 2 is 1.88 bits per heavy atom. The molecule has 1 aromatic rings. The quantitative estimate of drug-likeness (QED) is 0.838. The Morgan fingerprint density at radius 3 is 2.38 bits per heavy atom. The first kappa shape index (κ1) is 12.6. The normalized spacial score (nSPS) is 12.1. The predicted molar refractivity (Wildman–Crippen MR) is 62.9 cm³/mol. The molecular weight excluding hydrogens is 209 g/mol. The molecule has 0 amide bonds. The van der Waals surface area contributed by atoms with Crippen LogP contribution in [0.3, 0.4) is 0 Å². The molecule has 1 N–H and O–H groups in total. The summed E-state index contributed by atoms with van der Waals surface area (Å²) in [6.07, 6.45) is 0.955. The van der Waals surface area contributed by atoms with Crippen LogP contribution >= 0.6 is 0 Å². The zero-order chi connectivity index (χ0) is 12.1. The summed E-state index contributed by atoms with van der Waals surface area (Å²) < 4.78 is 23.6. The number of halogens is 1. The number of nitrogens with one attached hydrogen (secondary N) is 1. The zero-order valence-corrected chi connectivity index (χ0v) is 10.1. The lowest BCUT2D eigenvalue weighted by Gasteiger charge is -2.17. The van der Waals surface area contributed by atoms with Gasteiger partial charge in [-0.1, -0.05) is 6.92 Å². The second-order valence-corrected chi connectivity index (χ2v) is 3.64. The molecule has 1 unspecified atom stereocenters. The maximum Gasteiger partial charge on any atom is 0.167 e. The van der Waals surface area contributed by atoms with Crippen LogP contribution in [0.15, 0.2) is 12.1 Å². The zero-order valence-electron chi connectivity index (χ0n) is 10.1. The number of rotatable bonds is 5. The molecule has 0 aliphatic heterocycles. The van der Waals surface area contributed by atoms with Crippen molar-refractivity contribution in [3.63, 3.8) is 0 Å². The molecule has 0 aliphatic rings. The van der Waals surface area contributed by atoms with Gasteiger partial charge in [0.25, 0.3) is 0 Å². The molecule has 1 aromatic carbocycles. The summed E-state index contributed by atoms with van der Waals surface area (Å²) in [5.74, 6) is 0.374. The molecule has 0 aliphatic carbocycles. The van der Waals surface area contributed by atoms with Crippen molar-refractivity contribution in [2.24, 2.45) is 0 Å². The molecule has 0 bridgehead atoms. The van der Waals surface area contributed by atoms with Crippen LogP contribution in [0.1, 0.15) is 20.3 Å². The van der Waals surface area contributed by atoms with Gasteiger partial charge in [0.05, 0.1) is 19.9 Å². The summed E-state index contributed by atoms with van der Waals surface area (Å²) in [5, 5.41) is 3.18. The first-order valence-corrected chi connectivity index (χ1v) is 5.30. The maximum absolute atomic E-state index is 13.5.